The van der Waals surface area contributed by atoms with Gasteiger partial charge in [-0.2, -0.15) is 0 Å². The molecule has 2 aromatic carbocycles. The fraction of sp³-hybridized carbons (Fsp3) is 0.182. The number of thioether (sulfide) groups is 1. The van der Waals surface area contributed by atoms with Gasteiger partial charge >= 0.3 is 5.97 Å². The first kappa shape index (κ1) is 23.2. The predicted molar refractivity (Wildman–Crippen MR) is 118 cm³/mol. The first-order chi connectivity index (χ1) is 14.8. The van der Waals surface area contributed by atoms with E-state index >= 15 is 0 Å². The molecule has 0 radical (unpaired) electrons. The van der Waals surface area contributed by atoms with E-state index in [4.69, 9.17) is 32.4 Å². The summed E-state index contributed by atoms with van der Waals surface area (Å²) in [5.41, 5.74) is -0.132. The Morgan fingerprint density at radius 1 is 1.16 bits per heavy atom. The minimum atomic E-state index is -0.828. The molecule has 1 atom stereocenters. The van der Waals surface area contributed by atoms with Crippen molar-refractivity contribution in [3.63, 3.8) is 0 Å². The highest BCUT2D eigenvalue weighted by atomic mass is 35.5. The van der Waals surface area contributed by atoms with E-state index in [1.165, 1.54) is 43.1 Å². The molecule has 162 valence electrons. The van der Waals surface area contributed by atoms with Gasteiger partial charge in [0.15, 0.2) is 5.76 Å². The van der Waals surface area contributed by atoms with Gasteiger partial charge in [-0.1, -0.05) is 29.3 Å². The second-order valence-corrected chi connectivity index (χ2v) is 8.40. The molecule has 9 heteroatoms. The molecule has 0 aliphatic rings. The second-order valence-electron chi connectivity index (χ2n) is 6.54. The minimum absolute atomic E-state index is 0.0778. The fourth-order valence-corrected chi connectivity index (χ4v) is 3.97. The molecule has 3 rings (SSSR count). The lowest BCUT2D eigenvalue weighted by Gasteiger charge is -2.18. The third-order valence-electron chi connectivity index (χ3n) is 4.46. The van der Waals surface area contributed by atoms with Crippen LogP contribution in [0.2, 0.25) is 10.0 Å². The number of carbonyl (C=O) groups is 1. The Morgan fingerprint density at radius 2 is 1.87 bits per heavy atom. The molecule has 5 nitrogen and oxygen atoms in total. The van der Waals surface area contributed by atoms with Gasteiger partial charge in [0.2, 0.25) is 11.2 Å². The van der Waals surface area contributed by atoms with Gasteiger partial charge in [-0.25, -0.2) is 4.39 Å². The number of rotatable bonds is 7. The van der Waals surface area contributed by atoms with Crippen LogP contribution < -0.4 is 5.43 Å². The van der Waals surface area contributed by atoms with Crippen LogP contribution in [-0.4, -0.2) is 18.2 Å². The summed E-state index contributed by atoms with van der Waals surface area (Å²) in [6.07, 6.45) is -0.195. The van der Waals surface area contributed by atoms with Gasteiger partial charge in [-0.05, 0) is 42.0 Å². The summed E-state index contributed by atoms with van der Waals surface area (Å²) in [5, 5.41) is 11.0. The average molecular weight is 483 g/mol. The van der Waals surface area contributed by atoms with Crippen molar-refractivity contribution in [2.24, 2.45) is 0 Å². The molecule has 1 heterocycles. The molecule has 31 heavy (non-hydrogen) atoms. The van der Waals surface area contributed by atoms with E-state index in [1.54, 1.807) is 24.3 Å². The van der Waals surface area contributed by atoms with E-state index in [9.17, 15) is 19.1 Å². The van der Waals surface area contributed by atoms with Crippen LogP contribution in [0.4, 0.5) is 4.39 Å². The molecule has 0 spiro atoms. The van der Waals surface area contributed by atoms with Crippen LogP contribution in [0.3, 0.4) is 0 Å². The molecule has 0 aliphatic carbocycles. The van der Waals surface area contributed by atoms with Crippen molar-refractivity contribution < 1.29 is 23.4 Å². The summed E-state index contributed by atoms with van der Waals surface area (Å²) in [5.74, 6) is -1.89. The van der Waals surface area contributed by atoms with Crippen molar-refractivity contribution in [2.75, 3.05) is 7.11 Å². The zero-order valence-electron chi connectivity index (χ0n) is 16.2. The van der Waals surface area contributed by atoms with Crippen LogP contribution in [0.25, 0.3) is 0 Å². The zero-order chi connectivity index (χ0) is 22.5. The number of aromatic hydroxyl groups is 1. The Balaban J connectivity index is 1.98. The zero-order valence-corrected chi connectivity index (χ0v) is 18.6. The molecule has 0 amide bonds. The second kappa shape index (κ2) is 10.2. The smallest absolute Gasteiger partial charge is 0.306 e. The fourth-order valence-electron chi connectivity index (χ4n) is 2.89. The lowest BCUT2D eigenvalue weighted by Crippen LogP contribution is -2.14. The van der Waals surface area contributed by atoms with E-state index in [2.05, 4.69) is 0 Å². The molecule has 0 unspecified atom stereocenters. The lowest BCUT2D eigenvalue weighted by molar-refractivity contribution is -0.140. The first-order valence-electron chi connectivity index (χ1n) is 9.04. The van der Waals surface area contributed by atoms with Gasteiger partial charge in [0.25, 0.3) is 0 Å². The predicted octanol–water partition coefficient (Wildman–Crippen LogP) is 5.78. The molecule has 1 N–H and O–H groups in total. The normalized spacial score (nSPS) is 11.9. The summed E-state index contributed by atoms with van der Waals surface area (Å²) >= 11 is 13.4. The van der Waals surface area contributed by atoms with Crippen molar-refractivity contribution in [1.29, 1.82) is 0 Å². The number of halogens is 3. The molecule has 0 fully saturated rings. The van der Waals surface area contributed by atoms with Gasteiger partial charge in [-0.3, -0.25) is 9.59 Å². The number of ether oxygens (including phenoxy) is 1. The third kappa shape index (κ3) is 5.81. The highest BCUT2D eigenvalue weighted by Gasteiger charge is 2.27. The molecule has 0 bridgehead atoms. The number of carbonyl (C=O) groups excluding carboxylic acids is 1. The number of hydrogen-bond acceptors (Lipinski definition) is 6. The van der Waals surface area contributed by atoms with Gasteiger partial charge in [0, 0.05) is 11.0 Å². The molecule has 0 saturated carbocycles. The molecule has 1 aromatic heterocycles. The largest absolute Gasteiger partial charge is 0.502 e. The highest BCUT2D eigenvalue weighted by Crippen LogP contribution is 2.36. The summed E-state index contributed by atoms with van der Waals surface area (Å²) in [6, 6.07) is 11.8. The van der Waals surface area contributed by atoms with E-state index in [0.717, 1.165) is 4.90 Å². The Bertz CT molecular complexity index is 1150. The van der Waals surface area contributed by atoms with E-state index in [0.29, 0.717) is 10.6 Å². The maximum atomic E-state index is 13.1. The van der Waals surface area contributed by atoms with Gasteiger partial charge in [-0.15, -0.1) is 11.8 Å². The Morgan fingerprint density at radius 3 is 2.52 bits per heavy atom. The molecule has 0 aliphatic heterocycles. The highest BCUT2D eigenvalue weighted by molar-refractivity contribution is 7.98. The van der Waals surface area contributed by atoms with Crippen LogP contribution in [0, 0.1) is 5.82 Å². The van der Waals surface area contributed by atoms with Crippen molar-refractivity contribution in [2.45, 2.75) is 23.0 Å². The molecule has 3 aromatic rings. The van der Waals surface area contributed by atoms with Crippen molar-refractivity contribution in [3.05, 3.63) is 91.7 Å². The van der Waals surface area contributed by atoms with E-state index < -0.39 is 23.1 Å². The van der Waals surface area contributed by atoms with Gasteiger partial charge in [0.1, 0.15) is 11.6 Å². The third-order valence-corrected chi connectivity index (χ3v) is 6.23. The maximum absolute atomic E-state index is 13.1. The maximum Gasteiger partial charge on any atom is 0.306 e. The van der Waals surface area contributed by atoms with E-state index in [1.807, 2.05) is 0 Å². The summed E-state index contributed by atoms with van der Waals surface area (Å²) in [7, 11) is 1.24. The number of esters is 1. The molecular formula is C22H17Cl2FO5S. The number of hydrogen-bond donors (Lipinski definition) is 1. The van der Waals surface area contributed by atoms with Crippen molar-refractivity contribution in [1.82, 2.24) is 0 Å². The quantitative estimate of drug-likeness (QED) is 0.339. The lowest BCUT2D eigenvalue weighted by atomic mass is 9.92. The Hall–Kier alpha value is -2.48. The van der Waals surface area contributed by atoms with Gasteiger partial charge in [0.05, 0.1) is 35.2 Å². The SMILES string of the molecule is COC(=O)C[C@H](c1ccc(Cl)c(Cl)c1)c1oc(CSc2ccc(F)cc2)cc(=O)c1O. The number of methoxy groups -OCH3 is 1. The van der Waals surface area contributed by atoms with Crippen molar-refractivity contribution in [3.8, 4) is 5.75 Å². The van der Waals surface area contributed by atoms with Crippen LogP contribution in [-0.2, 0) is 15.3 Å². The summed E-state index contributed by atoms with van der Waals surface area (Å²) in [4.78, 5) is 25.2. The standard InChI is InChI=1S/C22H17Cl2FO5S/c1-29-20(27)10-16(12-2-7-17(23)18(24)8-12)22-21(28)19(26)9-14(30-22)11-31-15-5-3-13(25)4-6-15/h2-9,16,28H,10-11H2,1H3/t16-/m1/s1. The Labute approximate surface area is 191 Å². The minimum Gasteiger partial charge on any atom is -0.502 e. The van der Waals surface area contributed by atoms with Crippen molar-refractivity contribution >= 4 is 40.9 Å². The monoisotopic (exact) mass is 482 g/mol. The van der Waals surface area contributed by atoms with Crippen LogP contribution in [0.15, 0.2) is 62.6 Å². The average Bonchev–Trinajstić information content (AvgIpc) is 2.76. The number of benzene rings is 2. The first-order valence-corrected chi connectivity index (χ1v) is 10.8. The van der Waals surface area contributed by atoms with Gasteiger partial charge < -0.3 is 14.3 Å². The van der Waals surface area contributed by atoms with E-state index in [-0.39, 0.29) is 34.5 Å². The van der Waals surface area contributed by atoms with Crippen LogP contribution in [0.5, 0.6) is 5.75 Å². The topological polar surface area (TPSA) is 76.7 Å². The summed E-state index contributed by atoms with van der Waals surface area (Å²) < 4.78 is 23.7. The molecule has 0 saturated heterocycles. The summed E-state index contributed by atoms with van der Waals surface area (Å²) in [6.45, 7) is 0. The molecular weight excluding hydrogens is 466 g/mol. The van der Waals surface area contributed by atoms with Crippen LogP contribution >= 0.6 is 35.0 Å². The van der Waals surface area contributed by atoms with Crippen LogP contribution in [0.1, 0.15) is 29.4 Å². The Kier molecular flexibility index (Phi) is 7.64.